The molecule has 0 bridgehead atoms. The van der Waals surface area contributed by atoms with Gasteiger partial charge in [-0.1, -0.05) is 25.7 Å². The van der Waals surface area contributed by atoms with Crippen molar-refractivity contribution in [2.75, 3.05) is 11.9 Å². The average Bonchev–Trinajstić information content (AvgIpc) is 2.67. The molecule has 0 aliphatic heterocycles. The maximum Gasteiger partial charge on any atom is 0.356 e. The van der Waals surface area contributed by atoms with E-state index >= 15 is 0 Å². The average molecular weight is 249 g/mol. The molecule has 1 aromatic heterocycles. The molecule has 0 saturated heterocycles. The van der Waals surface area contributed by atoms with Crippen molar-refractivity contribution in [1.82, 2.24) is 9.97 Å². The van der Waals surface area contributed by atoms with Crippen molar-refractivity contribution in [3.8, 4) is 0 Å². The van der Waals surface area contributed by atoms with Crippen LogP contribution in [0.3, 0.4) is 0 Å². The van der Waals surface area contributed by atoms with E-state index in [9.17, 15) is 4.79 Å². The lowest BCUT2D eigenvalue weighted by atomic mass is 10.1. The van der Waals surface area contributed by atoms with Gasteiger partial charge >= 0.3 is 5.97 Å². The van der Waals surface area contributed by atoms with Crippen molar-refractivity contribution >= 4 is 11.8 Å². The van der Waals surface area contributed by atoms with E-state index in [1.54, 1.807) is 6.20 Å². The molecule has 0 radical (unpaired) electrons. The van der Waals surface area contributed by atoms with Crippen molar-refractivity contribution in [1.29, 1.82) is 0 Å². The zero-order valence-corrected chi connectivity index (χ0v) is 10.7. The fourth-order valence-electron chi connectivity index (χ4n) is 2.46. The molecule has 0 atom stereocenters. The summed E-state index contributed by atoms with van der Waals surface area (Å²) in [6.07, 6.45) is 10.3. The van der Waals surface area contributed by atoms with E-state index in [1.807, 2.05) is 7.05 Å². The predicted octanol–water partition coefficient (Wildman–Crippen LogP) is 2.33. The van der Waals surface area contributed by atoms with Gasteiger partial charge in [-0.15, -0.1) is 0 Å². The number of aromatic carboxylic acids is 1. The van der Waals surface area contributed by atoms with Crippen LogP contribution in [0.5, 0.6) is 0 Å². The van der Waals surface area contributed by atoms with Crippen LogP contribution in [0, 0.1) is 0 Å². The van der Waals surface area contributed by atoms with Crippen LogP contribution in [0.4, 0.5) is 5.82 Å². The van der Waals surface area contributed by atoms with Crippen LogP contribution >= 0.6 is 0 Å². The largest absolute Gasteiger partial charge is 0.476 e. The number of hydrogen-bond donors (Lipinski definition) is 1. The van der Waals surface area contributed by atoms with Gasteiger partial charge in [-0.2, -0.15) is 0 Å². The summed E-state index contributed by atoms with van der Waals surface area (Å²) >= 11 is 0. The van der Waals surface area contributed by atoms with Crippen LogP contribution in [0.15, 0.2) is 12.4 Å². The van der Waals surface area contributed by atoms with Gasteiger partial charge in [0.1, 0.15) is 5.82 Å². The Balaban J connectivity index is 2.13. The van der Waals surface area contributed by atoms with Gasteiger partial charge in [0.15, 0.2) is 5.69 Å². The summed E-state index contributed by atoms with van der Waals surface area (Å²) < 4.78 is 0. The highest BCUT2D eigenvalue weighted by atomic mass is 16.4. The molecule has 18 heavy (non-hydrogen) atoms. The molecule has 1 aromatic rings. The highest BCUT2D eigenvalue weighted by molar-refractivity contribution is 5.85. The molecule has 1 aliphatic carbocycles. The lowest BCUT2D eigenvalue weighted by Crippen LogP contribution is -2.32. The van der Waals surface area contributed by atoms with Crippen molar-refractivity contribution in [2.24, 2.45) is 0 Å². The molecule has 0 amide bonds. The Labute approximate surface area is 107 Å². The number of nitrogens with zero attached hydrogens (tertiary/aromatic N) is 3. The molecule has 1 aliphatic rings. The number of anilines is 1. The first-order valence-electron chi connectivity index (χ1n) is 6.46. The molecule has 5 heteroatoms. The minimum atomic E-state index is -1.03. The minimum Gasteiger partial charge on any atom is -0.476 e. The summed E-state index contributed by atoms with van der Waals surface area (Å²) in [6.45, 7) is 0. The van der Waals surface area contributed by atoms with E-state index in [0.717, 1.165) is 12.8 Å². The summed E-state index contributed by atoms with van der Waals surface area (Å²) in [4.78, 5) is 21.1. The molecular weight excluding hydrogens is 230 g/mol. The second-order valence-corrected chi connectivity index (χ2v) is 4.82. The monoisotopic (exact) mass is 249 g/mol. The Morgan fingerprint density at radius 3 is 2.56 bits per heavy atom. The van der Waals surface area contributed by atoms with Gasteiger partial charge in [0.2, 0.25) is 0 Å². The Bertz CT molecular complexity index is 414. The normalized spacial score (nSPS) is 17.2. The minimum absolute atomic E-state index is 0.00738. The van der Waals surface area contributed by atoms with Crippen molar-refractivity contribution in [3.63, 3.8) is 0 Å². The molecule has 0 spiro atoms. The predicted molar refractivity (Wildman–Crippen MR) is 68.9 cm³/mol. The highest BCUT2D eigenvalue weighted by Crippen LogP contribution is 2.24. The van der Waals surface area contributed by atoms with E-state index in [0.29, 0.717) is 11.9 Å². The molecule has 1 heterocycles. The molecule has 1 fully saturated rings. The van der Waals surface area contributed by atoms with Crippen molar-refractivity contribution < 1.29 is 9.90 Å². The first kappa shape index (κ1) is 12.8. The first-order chi connectivity index (χ1) is 8.68. The van der Waals surface area contributed by atoms with E-state index < -0.39 is 5.97 Å². The van der Waals surface area contributed by atoms with Gasteiger partial charge in [-0.3, -0.25) is 4.98 Å². The topological polar surface area (TPSA) is 66.3 Å². The number of aromatic nitrogens is 2. The van der Waals surface area contributed by atoms with Crippen molar-refractivity contribution in [3.05, 3.63) is 18.1 Å². The van der Waals surface area contributed by atoms with E-state index in [1.165, 1.54) is 31.9 Å². The lowest BCUT2D eigenvalue weighted by Gasteiger charge is -2.27. The van der Waals surface area contributed by atoms with E-state index in [4.69, 9.17) is 5.11 Å². The van der Waals surface area contributed by atoms with Crippen LogP contribution in [-0.2, 0) is 0 Å². The fourth-order valence-corrected chi connectivity index (χ4v) is 2.46. The molecular formula is C13H19N3O2. The quantitative estimate of drug-likeness (QED) is 0.833. The van der Waals surface area contributed by atoms with Crippen LogP contribution in [0.25, 0.3) is 0 Å². The SMILES string of the molecule is CN(c1cncc(C(=O)O)n1)C1CCCCCC1. The third-order valence-electron chi connectivity index (χ3n) is 3.57. The number of carbonyl (C=O) groups is 1. The maximum absolute atomic E-state index is 10.9. The number of rotatable bonds is 3. The second-order valence-electron chi connectivity index (χ2n) is 4.82. The van der Waals surface area contributed by atoms with Crippen LogP contribution in [0.1, 0.15) is 49.0 Å². The number of carboxylic acids is 1. The Hall–Kier alpha value is -1.65. The summed E-state index contributed by atoms with van der Waals surface area (Å²) in [5.41, 5.74) is 0.00738. The second kappa shape index (κ2) is 5.80. The Morgan fingerprint density at radius 1 is 1.28 bits per heavy atom. The zero-order valence-electron chi connectivity index (χ0n) is 10.7. The molecule has 0 aromatic carbocycles. The van der Waals surface area contributed by atoms with Gasteiger partial charge in [0.05, 0.1) is 12.4 Å². The maximum atomic E-state index is 10.9. The molecule has 0 unspecified atom stereocenters. The third-order valence-corrected chi connectivity index (χ3v) is 3.57. The van der Waals surface area contributed by atoms with Crippen LogP contribution in [-0.4, -0.2) is 34.1 Å². The van der Waals surface area contributed by atoms with Crippen molar-refractivity contribution in [2.45, 2.75) is 44.6 Å². The van der Waals surface area contributed by atoms with E-state index in [-0.39, 0.29) is 5.69 Å². The van der Waals surface area contributed by atoms with Crippen LogP contribution in [0.2, 0.25) is 0 Å². The zero-order chi connectivity index (χ0) is 13.0. The number of hydrogen-bond acceptors (Lipinski definition) is 4. The van der Waals surface area contributed by atoms with Gasteiger partial charge in [0.25, 0.3) is 0 Å². The van der Waals surface area contributed by atoms with Gasteiger partial charge in [0, 0.05) is 13.1 Å². The molecule has 1 saturated carbocycles. The summed E-state index contributed by atoms with van der Waals surface area (Å²) in [7, 11) is 1.98. The molecule has 2 rings (SSSR count). The summed E-state index contributed by atoms with van der Waals surface area (Å²) in [6, 6.07) is 0.450. The van der Waals surface area contributed by atoms with E-state index in [2.05, 4.69) is 14.9 Å². The molecule has 1 N–H and O–H groups in total. The standard InChI is InChI=1S/C13H19N3O2/c1-16(10-6-4-2-3-5-7-10)12-9-14-8-11(15-12)13(17)18/h8-10H,2-7H2,1H3,(H,17,18). The summed E-state index contributed by atoms with van der Waals surface area (Å²) in [5, 5.41) is 8.93. The third kappa shape index (κ3) is 2.97. The Morgan fingerprint density at radius 2 is 1.94 bits per heavy atom. The molecule has 5 nitrogen and oxygen atoms in total. The first-order valence-corrected chi connectivity index (χ1v) is 6.46. The summed E-state index contributed by atoms with van der Waals surface area (Å²) in [5.74, 6) is -0.375. The number of carboxylic acid groups (broad SMARTS) is 1. The van der Waals surface area contributed by atoms with Gasteiger partial charge in [-0.05, 0) is 12.8 Å². The Kier molecular flexibility index (Phi) is 4.12. The lowest BCUT2D eigenvalue weighted by molar-refractivity contribution is 0.0690. The van der Waals surface area contributed by atoms with Gasteiger partial charge < -0.3 is 10.0 Å². The highest BCUT2D eigenvalue weighted by Gasteiger charge is 2.19. The molecule has 98 valence electrons. The van der Waals surface area contributed by atoms with Gasteiger partial charge in [-0.25, -0.2) is 9.78 Å². The smallest absolute Gasteiger partial charge is 0.356 e. The fraction of sp³-hybridized carbons (Fsp3) is 0.615. The van der Waals surface area contributed by atoms with Crippen LogP contribution < -0.4 is 4.90 Å².